The number of hydrogen-bond acceptors (Lipinski definition) is 6. The maximum atomic E-state index is 12.6. The zero-order valence-electron chi connectivity index (χ0n) is 17.3. The highest BCUT2D eigenvalue weighted by Crippen LogP contribution is 2.27. The van der Waals surface area contributed by atoms with Crippen molar-refractivity contribution in [3.8, 4) is 5.75 Å². The van der Waals surface area contributed by atoms with Gasteiger partial charge in [0.1, 0.15) is 12.3 Å². The Balaban J connectivity index is 1.67. The van der Waals surface area contributed by atoms with Gasteiger partial charge >= 0.3 is 5.97 Å². The molecule has 1 N–H and O–H groups in total. The smallest absolute Gasteiger partial charge is 0.323 e. The van der Waals surface area contributed by atoms with Crippen LogP contribution in [0.1, 0.15) is 50.5 Å². The van der Waals surface area contributed by atoms with E-state index in [0.29, 0.717) is 29.1 Å². The van der Waals surface area contributed by atoms with Crippen LogP contribution in [0.2, 0.25) is 0 Å². The summed E-state index contributed by atoms with van der Waals surface area (Å²) in [5.74, 6) is -1.44. The van der Waals surface area contributed by atoms with Gasteiger partial charge in [-0.15, -0.1) is 0 Å². The SMILES string of the molecule is CC(C)(CS)C(=O)c1ccc(OCCc2cccc3c2C(=O)N(CC(=O)O)C3=O)cc1. The molecule has 0 aromatic heterocycles. The third-order valence-electron chi connectivity index (χ3n) is 5.15. The molecule has 3 rings (SSSR count). The number of nitrogens with zero attached hydrogens (tertiary/aromatic N) is 1. The number of rotatable bonds is 9. The number of benzene rings is 2. The Morgan fingerprint density at radius 1 is 1.06 bits per heavy atom. The van der Waals surface area contributed by atoms with Gasteiger partial charge in [-0.05, 0) is 35.9 Å². The molecule has 0 radical (unpaired) electrons. The molecule has 0 saturated heterocycles. The topological polar surface area (TPSA) is 101 Å². The van der Waals surface area contributed by atoms with Crippen molar-refractivity contribution in [2.24, 2.45) is 5.41 Å². The standard InChI is InChI=1S/C23H23NO6S/c1-23(2,13-31)20(27)15-6-8-16(9-7-15)30-11-10-14-4-3-5-17-19(14)22(29)24(21(17)28)12-18(25)26/h3-9,31H,10-13H2,1-2H3,(H,25,26). The van der Waals surface area contributed by atoms with Gasteiger partial charge in [-0.25, -0.2) is 0 Å². The van der Waals surface area contributed by atoms with Crippen LogP contribution in [0, 0.1) is 5.41 Å². The van der Waals surface area contributed by atoms with Crippen LogP contribution in [0.4, 0.5) is 0 Å². The summed E-state index contributed by atoms with van der Waals surface area (Å²) in [6.07, 6.45) is 0.358. The molecule has 162 valence electrons. The fourth-order valence-electron chi connectivity index (χ4n) is 3.33. The van der Waals surface area contributed by atoms with E-state index in [1.165, 1.54) is 6.07 Å². The minimum absolute atomic E-state index is 0.00277. The van der Waals surface area contributed by atoms with E-state index in [4.69, 9.17) is 9.84 Å². The van der Waals surface area contributed by atoms with Crippen molar-refractivity contribution >= 4 is 36.2 Å². The number of imide groups is 1. The normalized spacial score (nSPS) is 13.3. The number of fused-ring (bicyclic) bond motifs is 1. The summed E-state index contributed by atoms with van der Waals surface area (Å²) in [6, 6.07) is 11.7. The van der Waals surface area contributed by atoms with Gasteiger partial charge in [-0.3, -0.25) is 24.1 Å². The Kier molecular flexibility index (Phi) is 6.50. The second kappa shape index (κ2) is 8.93. The number of carbonyl (C=O) groups excluding carboxylic acids is 3. The van der Waals surface area contributed by atoms with Gasteiger partial charge in [-0.1, -0.05) is 26.0 Å². The minimum atomic E-state index is -1.25. The van der Waals surface area contributed by atoms with E-state index in [0.717, 1.165) is 4.90 Å². The van der Waals surface area contributed by atoms with Gasteiger partial charge in [0.25, 0.3) is 11.8 Å². The second-order valence-electron chi connectivity index (χ2n) is 7.92. The Hall–Kier alpha value is -3.13. The van der Waals surface area contributed by atoms with Crippen molar-refractivity contribution in [2.45, 2.75) is 20.3 Å². The predicted molar refractivity (Wildman–Crippen MR) is 117 cm³/mol. The molecular weight excluding hydrogens is 418 g/mol. The molecule has 1 heterocycles. The summed E-state index contributed by atoms with van der Waals surface area (Å²) in [5, 5.41) is 8.95. The number of carbonyl (C=O) groups is 4. The minimum Gasteiger partial charge on any atom is -0.493 e. The molecule has 0 spiro atoms. The maximum Gasteiger partial charge on any atom is 0.323 e. The van der Waals surface area contributed by atoms with Gasteiger partial charge in [0.05, 0.1) is 17.7 Å². The van der Waals surface area contributed by atoms with E-state index in [2.05, 4.69) is 12.6 Å². The quantitative estimate of drug-likeness (QED) is 0.352. The Morgan fingerprint density at radius 2 is 1.74 bits per heavy atom. The highest BCUT2D eigenvalue weighted by Gasteiger charge is 2.38. The first-order valence-electron chi connectivity index (χ1n) is 9.74. The Morgan fingerprint density at radius 3 is 2.35 bits per heavy atom. The number of ketones is 1. The molecule has 0 saturated carbocycles. The molecule has 1 aliphatic rings. The number of ether oxygens (including phenoxy) is 1. The molecule has 2 amide bonds. The highest BCUT2D eigenvalue weighted by atomic mass is 32.1. The van der Waals surface area contributed by atoms with Crippen molar-refractivity contribution < 1.29 is 29.0 Å². The van der Waals surface area contributed by atoms with Crippen LogP contribution in [0.3, 0.4) is 0 Å². The maximum absolute atomic E-state index is 12.6. The zero-order valence-corrected chi connectivity index (χ0v) is 18.1. The van der Waals surface area contributed by atoms with Crippen LogP contribution in [-0.4, -0.2) is 52.5 Å². The van der Waals surface area contributed by atoms with E-state index in [1.54, 1.807) is 36.4 Å². The number of carboxylic acids is 1. The van der Waals surface area contributed by atoms with E-state index in [1.807, 2.05) is 13.8 Å². The zero-order chi connectivity index (χ0) is 22.8. The van der Waals surface area contributed by atoms with Gasteiger partial charge in [0.15, 0.2) is 5.78 Å². The first-order chi connectivity index (χ1) is 14.7. The Bertz CT molecular complexity index is 1040. The summed E-state index contributed by atoms with van der Waals surface area (Å²) in [4.78, 5) is 49.1. The van der Waals surface area contributed by atoms with Crippen LogP contribution in [-0.2, 0) is 11.2 Å². The molecule has 2 aromatic carbocycles. The largest absolute Gasteiger partial charge is 0.493 e. The van der Waals surface area contributed by atoms with E-state index >= 15 is 0 Å². The summed E-state index contributed by atoms with van der Waals surface area (Å²) >= 11 is 4.23. The molecule has 31 heavy (non-hydrogen) atoms. The molecule has 0 fully saturated rings. The molecule has 2 aromatic rings. The average molecular weight is 442 g/mol. The number of Topliss-reactive ketones (excluding diaryl/α,β-unsaturated/α-hetero) is 1. The molecule has 7 nitrogen and oxygen atoms in total. The third kappa shape index (κ3) is 4.64. The first kappa shape index (κ1) is 22.6. The predicted octanol–water partition coefficient (Wildman–Crippen LogP) is 3.13. The van der Waals surface area contributed by atoms with Gasteiger partial charge in [-0.2, -0.15) is 12.6 Å². The van der Waals surface area contributed by atoms with E-state index in [-0.39, 0.29) is 23.5 Å². The number of amides is 2. The lowest BCUT2D eigenvalue weighted by Crippen LogP contribution is -2.34. The summed E-state index contributed by atoms with van der Waals surface area (Å²) < 4.78 is 5.74. The number of hydrogen-bond donors (Lipinski definition) is 2. The number of aliphatic carboxylic acids is 1. The first-order valence-corrected chi connectivity index (χ1v) is 10.4. The van der Waals surface area contributed by atoms with Crippen molar-refractivity contribution in [1.82, 2.24) is 4.90 Å². The van der Waals surface area contributed by atoms with E-state index in [9.17, 15) is 19.2 Å². The summed E-state index contributed by atoms with van der Waals surface area (Å²) in [6.45, 7) is 3.26. The van der Waals surface area contributed by atoms with Crippen LogP contribution in [0.5, 0.6) is 5.75 Å². The van der Waals surface area contributed by atoms with Crippen molar-refractivity contribution in [3.05, 3.63) is 64.7 Å². The number of carboxylic acid groups (broad SMARTS) is 1. The second-order valence-corrected chi connectivity index (χ2v) is 8.24. The average Bonchev–Trinajstić information content (AvgIpc) is 2.99. The molecule has 0 unspecified atom stereocenters. The van der Waals surface area contributed by atoms with Gasteiger partial charge < -0.3 is 9.84 Å². The fraction of sp³-hybridized carbons (Fsp3) is 0.304. The van der Waals surface area contributed by atoms with Gasteiger partial charge in [0.2, 0.25) is 0 Å². The van der Waals surface area contributed by atoms with E-state index < -0.39 is 29.7 Å². The summed E-state index contributed by atoms with van der Waals surface area (Å²) in [7, 11) is 0. The molecule has 1 aliphatic heterocycles. The molecule has 8 heteroatoms. The van der Waals surface area contributed by atoms with Crippen molar-refractivity contribution in [2.75, 3.05) is 18.9 Å². The lowest BCUT2D eigenvalue weighted by Gasteiger charge is -2.20. The van der Waals surface area contributed by atoms with Crippen LogP contribution in [0.15, 0.2) is 42.5 Å². The van der Waals surface area contributed by atoms with Crippen LogP contribution in [0.25, 0.3) is 0 Å². The molecular formula is C23H23NO6S. The molecule has 0 aliphatic carbocycles. The monoisotopic (exact) mass is 441 g/mol. The lowest BCUT2D eigenvalue weighted by molar-refractivity contribution is -0.137. The third-order valence-corrected chi connectivity index (χ3v) is 5.94. The van der Waals surface area contributed by atoms with Crippen LogP contribution >= 0.6 is 12.6 Å². The molecule has 0 bridgehead atoms. The highest BCUT2D eigenvalue weighted by molar-refractivity contribution is 7.80. The van der Waals surface area contributed by atoms with Crippen molar-refractivity contribution in [3.63, 3.8) is 0 Å². The van der Waals surface area contributed by atoms with Crippen LogP contribution < -0.4 is 4.74 Å². The number of thiol groups is 1. The van der Waals surface area contributed by atoms with Gasteiger partial charge in [0, 0.05) is 23.2 Å². The van der Waals surface area contributed by atoms with Crippen molar-refractivity contribution in [1.29, 1.82) is 0 Å². The fourth-order valence-corrected chi connectivity index (χ4v) is 3.48. The lowest BCUT2D eigenvalue weighted by atomic mass is 9.86. The Labute approximate surface area is 185 Å². The molecule has 0 atom stereocenters. The summed E-state index contributed by atoms with van der Waals surface area (Å²) in [5.41, 5.74) is 1.07.